The number of thiazole rings is 1. The molecule has 1 saturated carbocycles. The molecule has 0 saturated heterocycles. The number of carbonyl (C=O) groups excluding carboxylic acids is 1. The molecule has 3 nitrogen and oxygen atoms in total. The molecule has 0 radical (unpaired) electrons. The lowest BCUT2D eigenvalue weighted by atomic mass is 9.95. The zero-order chi connectivity index (χ0) is 13.3. The lowest BCUT2D eigenvalue weighted by Crippen LogP contribution is -2.34. The van der Waals surface area contributed by atoms with Gasteiger partial charge in [-0.3, -0.25) is 4.79 Å². The minimum Gasteiger partial charge on any atom is -0.350 e. The van der Waals surface area contributed by atoms with Crippen LogP contribution in [0.1, 0.15) is 28.3 Å². The molecule has 1 aromatic carbocycles. The summed E-state index contributed by atoms with van der Waals surface area (Å²) >= 11 is 1.63. The second-order valence-electron chi connectivity index (χ2n) is 4.98. The summed E-state index contributed by atoms with van der Waals surface area (Å²) < 4.78 is 0. The molecule has 1 amide bonds. The topological polar surface area (TPSA) is 42.0 Å². The molecule has 0 spiro atoms. The standard InChI is InChI=1S/C15H16N2OS/c1-11-16-9-13(19-11)10-17-14(18)15(7-8-15)12-5-3-2-4-6-12/h2-6,9H,7-8,10H2,1H3,(H,17,18). The van der Waals surface area contributed by atoms with Crippen molar-refractivity contribution in [3.8, 4) is 0 Å². The van der Waals surface area contributed by atoms with Gasteiger partial charge in [0.25, 0.3) is 0 Å². The SMILES string of the molecule is Cc1ncc(CNC(=O)C2(c3ccccc3)CC2)s1. The molecular weight excluding hydrogens is 256 g/mol. The summed E-state index contributed by atoms with van der Waals surface area (Å²) in [6, 6.07) is 10.1. The van der Waals surface area contributed by atoms with E-state index in [4.69, 9.17) is 0 Å². The van der Waals surface area contributed by atoms with Crippen LogP contribution in [0.15, 0.2) is 36.5 Å². The molecule has 1 aliphatic rings. The van der Waals surface area contributed by atoms with Crippen LogP contribution in [0, 0.1) is 6.92 Å². The van der Waals surface area contributed by atoms with Crippen molar-refractivity contribution in [1.29, 1.82) is 0 Å². The van der Waals surface area contributed by atoms with Crippen molar-refractivity contribution in [3.63, 3.8) is 0 Å². The molecule has 4 heteroatoms. The quantitative estimate of drug-likeness (QED) is 0.930. The predicted octanol–water partition coefficient (Wildman–Crippen LogP) is 2.80. The molecule has 1 fully saturated rings. The van der Waals surface area contributed by atoms with Crippen molar-refractivity contribution in [3.05, 3.63) is 52.0 Å². The molecule has 1 N–H and O–H groups in total. The normalized spacial score (nSPS) is 16.1. The molecule has 1 heterocycles. The Morgan fingerprint density at radius 3 is 2.68 bits per heavy atom. The first kappa shape index (κ1) is 12.4. The highest BCUT2D eigenvalue weighted by Crippen LogP contribution is 2.48. The van der Waals surface area contributed by atoms with Gasteiger partial charge in [-0.15, -0.1) is 11.3 Å². The van der Waals surface area contributed by atoms with E-state index in [1.165, 1.54) is 0 Å². The van der Waals surface area contributed by atoms with Crippen LogP contribution in [0.25, 0.3) is 0 Å². The van der Waals surface area contributed by atoms with Gasteiger partial charge in [-0.25, -0.2) is 4.98 Å². The van der Waals surface area contributed by atoms with E-state index in [0.717, 1.165) is 28.3 Å². The van der Waals surface area contributed by atoms with Crippen molar-refractivity contribution in [2.45, 2.75) is 31.7 Å². The number of rotatable bonds is 4. The van der Waals surface area contributed by atoms with Gasteiger partial charge in [-0.1, -0.05) is 30.3 Å². The van der Waals surface area contributed by atoms with E-state index < -0.39 is 0 Å². The number of benzene rings is 1. The van der Waals surface area contributed by atoms with Crippen molar-refractivity contribution < 1.29 is 4.79 Å². The van der Waals surface area contributed by atoms with Gasteiger partial charge >= 0.3 is 0 Å². The summed E-state index contributed by atoms with van der Waals surface area (Å²) in [7, 11) is 0. The lowest BCUT2D eigenvalue weighted by Gasteiger charge is -2.15. The fourth-order valence-electron chi connectivity index (χ4n) is 2.35. The van der Waals surface area contributed by atoms with Gasteiger partial charge in [-0.05, 0) is 25.3 Å². The maximum Gasteiger partial charge on any atom is 0.230 e. The molecule has 2 aromatic rings. The van der Waals surface area contributed by atoms with E-state index in [0.29, 0.717) is 6.54 Å². The Balaban J connectivity index is 1.68. The molecule has 0 atom stereocenters. The molecule has 19 heavy (non-hydrogen) atoms. The van der Waals surface area contributed by atoms with Gasteiger partial charge in [0.1, 0.15) is 0 Å². The van der Waals surface area contributed by atoms with Crippen molar-refractivity contribution in [2.24, 2.45) is 0 Å². The Kier molecular flexibility index (Phi) is 3.11. The number of amides is 1. The van der Waals surface area contributed by atoms with Gasteiger partial charge in [0.2, 0.25) is 5.91 Å². The molecule has 0 unspecified atom stereocenters. The molecule has 1 aliphatic carbocycles. The third kappa shape index (κ3) is 2.40. The van der Waals surface area contributed by atoms with Gasteiger partial charge in [0.05, 0.1) is 17.0 Å². The van der Waals surface area contributed by atoms with Crippen LogP contribution in [-0.2, 0) is 16.8 Å². The van der Waals surface area contributed by atoms with Crippen molar-refractivity contribution >= 4 is 17.2 Å². The smallest absolute Gasteiger partial charge is 0.230 e. The number of aromatic nitrogens is 1. The highest BCUT2D eigenvalue weighted by atomic mass is 32.1. The van der Waals surface area contributed by atoms with Crippen LogP contribution in [0.3, 0.4) is 0 Å². The van der Waals surface area contributed by atoms with Gasteiger partial charge in [0.15, 0.2) is 0 Å². The van der Waals surface area contributed by atoms with Crippen LogP contribution in [0.5, 0.6) is 0 Å². The Labute approximate surface area is 116 Å². The number of carbonyl (C=O) groups is 1. The third-order valence-corrected chi connectivity index (χ3v) is 4.52. The van der Waals surface area contributed by atoms with Gasteiger partial charge < -0.3 is 5.32 Å². The summed E-state index contributed by atoms with van der Waals surface area (Å²) in [4.78, 5) is 17.7. The monoisotopic (exact) mass is 272 g/mol. The van der Waals surface area contributed by atoms with Crippen LogP contribution < -0.4 is 5.32 Å². The van der Waals surface area contributed by atoms with Crippen LogP contribution in [0.4, 0.5) is 0 Å². The first-order chi connectivity index (χ1) is 9.21. The molecular formula is C15H16N2OS. The number of nitrogens with zero attached hydrogens (tertiary/aromatic N) is 1. The summed E-state index contributed by atoms with van der Waals surface area (Å²) in [6.45, 7) is 2.56. The second kappa shape index (κ2) is 4.78. The number of hydrogen-bond donors (Lipinski definition) is 1. The predicted molar refractivity (Wildman–Crippen MR) is 76.1 cm³/mol. The highest BCUT2D eigenvalue weighted by molar-refractivity contribution is 7.11. The molecule has 3 rings (SSSR count). The van der Waals surface area contributed by atoms with Gasteiger partial charge in [0, 0.05) is 11.1 Å². The largest absolute Gasteiger partial charge is 0.350 e. The maximum atomic E-state index is 12.4. The van der Waals surface area contributed by atoms with E-state index in [2.05, 4.69) is 10.3 Å². The first-order valence-electron chi connectivity index (χ1n) is 6.46. The third-order valence-electron chi connectivity index (χ3n) is 3.60. The van der Waals surface area contributed by atoms with Gasteiger partial charge in [-0.2, -0.15) is 0 Å². The fraction of sp³-hybridized carbons (Fsp3) is 0.333. The molecule has 1 aromatic heterocycles. The maximum absolute atomic E-state index is 12.4. The van der Waals surface area contributed by atoms with Crippen molar-refractivity contribution in [2.75, 3.05) is 0 Å². The van der Waals surface area contributed by atoms with E-state index in [1.54, 1.807) is 11.3 Å². The van der Waals surface area contributed by atoms with E-state index >= 15 is 0 Å². The first-order valence-corrected chi connectivity index (χ1v) is 7.27. The highest BCUT2D eigenvalue weighted by Gasteiger charge is 2.50. The minimum atomic E-state index is -0.277. The van der Waals surface area contributed by atoms with Crippen molar-refractivity contribution in [1.82, 2.24) is 10.3 Å². The van der Waals surface area contributed by atoms with Crippen LogP contribution in [-0.4, -0.2) is 10.9 Å². The average molecular weight is 272 g/mol. The van der Waals surface area contributed by atoms with E-state index in [9.17, 15) is 4.79 Å². The zero-order valence-corrected chi connectivity index (χ0v) is 11.7. The number of nitrogens with one attached hydrogen (secondary N) is 1. The zero-order valence-electron chi connectivity index (χ0n) is 10.8. The summed E-state index contributed by atoms with van der Waals surface area (Å²) in [5, 5.41) is 4.08. The number of aryl methyl sites for hydroxylation is 1. The summed E-state index contributed by atoms with van der Waals surface area (Å²) in [6.07, 6.45) is 3.73. The lowest BCUT2D eigenvalue weighted by molar-refractivity contribution is -0.123. The van der Waals surface area contributed by atoms with Crippen LogP contribution in [0.2, 0.25) is 0 Å². The van der Waals surface area contributed by atoms with E-state index in [1.807, 2.05) is 43.5 Å². The Bertz CT molecular complexity index is 587. The molecule has 98 valence electrons. The Morgan fingerprint density at radius 1 is 1.37 bits per heavy atom. The second-order valence-corrected chi connectivity index (χ2v) is 6.30. The van der Waals surface area contributed by atoms with E-state index in [-0.39, 0.29) is 11.3 Å². The Morgan fingerprint density at radius 2 is 2.11 bits per heavy atom. The van der Waals surface area contributed by atoms with Crippen LogP contribution >= 0.6 is 11.3 Å². The summed E-state index contributed by atoms with van der Waals surface area (Å²) in [5.41, 5.74) is 0.856. The molecule has 0 bridgehead atoms. The minimum absolute atomic E-state index is 0.143. The average Bonchev–Trinajstić information content (AvgIpc) is 3.15. The Hall–Kier alpha value is -1.68. The molecule has 0 aliphatic heterocycles. The number of hydrogen-bond acceptors (Lipinski definition) is 3. The summed E-state index contributed by atoms with van der Waals surface area (Å²) in [5.74, 6) is 0.143. The fourth-order valence-corrected chi connectivity index (χ4v) is 3.09.